The van der Waals surface area contributed by atoms with Gasteiger partial charge in [0.15, 0.2) is 0 Å². The van der Waals surface area contributed by atoms with Crippen LogP contribution < -0.4 is 10.0 Å². The molecule has 0 fully saturated rings. The van der Waals surface area contributed by atoms with Crippen molar-refractivity contribution in [2.24, 2.45) is 5.92 Å². The van der Waals surface area contributed by atoms with Crippen LogP contribution in [0.3, 0.4) is 0 Å². The Morgan fingerprint density at radius 2 is 1.74 bits per heavy atom. The van der Waals surface area contributed by atoms with Gasteiger partial charge in [0.2, 0.25) is 10.0 Å². The molecular formula is C25H24N2O3S. The fraction of sp³-hybridized carbons (Fsp3) is 0.200. The van der Waals surface area contributed by atoms with E-state index in [1.54, 1.807) is 18.2 Å². The molecular weight excluding hydrogens is 408 g/mol. The van der Waals surface area contributed by atoms with Crippen LogP contribution in [0, 0.1) is 5.92 Å². The van der Waals surface area contributed by atoms with Crippen LogP contribution >= 0.6 is 0 Å². The summed E-state index contributed by atoms with van der Waals surface area (Å²) in [6.07, 6.45) is 5.18. The van der Waals surface area contributed by atoms with Crippen molar-refractivity contribution in [2.75, 3.05) is 5.32 Å². The van der Waals surface area contributed by atoms with Gasteiger partial charge in [0.1, 0.15) is 5.75 Å². The molecule has 0 saturated carbocycles. The zero-order valence-electron chi connectivity index (χ0n) is 16.9. The molecule has 2 aliphatic rings. The number of sulfonamides is 1. The Kier molecular flexibility index (Phi) is 5.04. The van der Waals surface area contributed by atoms with Gasteiger partial charge in [-0.1, -0.05) is 60.7 Å². The number of rotatable bonds is 5. The molecule has 0 spiro atoms. The van der Waals surface area contributed by atoms with Crippen molar-refractivity contribution in [2.45, 2.75) is 29.8 Å². The van der Waals surface area contributed by atoms with Gasteiger partial charge in [0.05, 0.1) is 10.9 Å². The summed E-state index contributed by atoms with van der Waals surface area (Å²) in [6, 6.07) is 22.1. The number of anilines is 1. The molecule has 1 aliphatic carbocycles. The van der Waals surface area contributed by atoms with Crippen LogP contribution in [-0.2, 0) is 16.6 Å². The third-order valence-corrected chi connectivity index (χ3v) is 7.62. The van der Waals surface area contributed by atoms with Gasteiger partial charge in [0, 0.05) is 23.7 Å². The van der Waals surface area contributed by atoms with E-state index in [1.165, 1.54) is 0 Å². The Bertz CT molecular complexity index is 1240. The van der Waals surface area contributed by atoms with Crippen LogP contribution in [0.25, 0.3) is 0 Å². The molecule has 6 heteroatoms. The lowest BCUT2D eigenvalue weighted by atomic mass is 9.77. The summed E-state index contributed by atoms with van der Waals surface area (Å²) in [7, 11) is -3.63. The molecule has 0 aromatic heterocycles. The molecule has 5 rings (SSSR count). The minimum Gasteiger partial charge on any atom is -0.508 e. The minimum absolute atomic E-state index is 0.0348. The monoisotopic (exact) mass is 432 g/mol. The van der Waals surface area contributed by atoms with Crippen LogP contribution in [-0.4, -0.2) is 13.5 Å². The quantitative estimate of drug-likeness (QED) is 0.511. The number of hydrogen-bond donors (Lipinski definition) is 3. The van der Waals surface area contributed by atoms with E-state index in [2.05, 4.69) is 22.2 Å². The topological polar surface area (TPSA) is 78.4 Å². The third kappa shape index (κ3) is 3.73. The number of fused-ring (bicyclic) bond motifs is 3. The molecule has 0 amide bonds. The molecule has 0 saturated heterocycles. The summed E-state index contributed by atoms with van der Waals surface area (Å²) in [6.45, 7) is 0.250. The van der Waals surface area contributed by atoms with E-state index in [0.717, 1.165) is 28.8 Å². The summed E-state index contributed by atoms with van der Waals surface area (Å²) in [5.74, 6) is 0.597. The lowest BCUT2D eigenvalue weighted by Gasteiger charge is -2.37. The second-order valence-electron chi connectivity index (χ2n) is 8.09. The molecule has 0 bridgehead atoms. The summed E-state index contributed by atoms with van der Waals surface area (Å²) in [5.41, 5.74) is 3.67. The highest BCUT2D eigenvalue weighted by molar-refractivity contribution is 7.89. The van der Waals surface area contributed by atoms with Gasteiger partial charge in [-0.2, -0.15) is 0 Å². The molecule has 3 N–H and O–H groups in total. The van der Waals surface area contributed by atoms with Gasteiger partial charge in [-0.15, -0.1) is 0 Å². The van der Waals surface area contributed by atoms with Crippen molar-refractivity contribution in [3.8, 4) is 5.75 Å². The molecule has 3 atom stereocenters. The zero-order valence-corrected chi connectivity index (χ0v) is 17.7. The Balaban J connectivity index is 1.45. The Labute approximate surface area is 182 Å². The van der Waals surface area contributed by atoms with E-state index in [4.69, 9.17) is 0 Å². The van der Waals surface area contributed by atoms with E-state index >= 15 is 0 Å². The van der Waals surface area contributed by atoms with E-state index in [0.29, 0.717) is 0 Å². The van der Waals surface area contributed by atoms with Gasteiger partial charge < -0.3 is 10.4 Å². The average molecular weight is 433 g/mol. The summed E-state index contributed by atoms with van der Waals surface area (Å²) < 4.78 is 28.6. The largest absolute Gasteiger partial charge is 0.508 e. The molecule has 5 nitrogen and oxygen atoms in total. The number of phenols is 1. The van der Waals surface area contributed by atoms with Gasteiger partial charge in [-0.25, -0.2) is 13.1 Å². The number of hydrogen-bond acceptors (Lipinski definition) is 4. The molecule has 31 heavy (non-hydrogen) atoms. The van der Waals surface area contributed by atoms with Crippen molar-refractivity contribution in [1.29, 1.82) is 0 Å². The first kappa shape index (κ1) is 19.8. The SMILES string of the molecule is O=S(=O)(NCc1ccccc1)c1ccc2c(c1)C1C=CCC1C(c1ccccc1O)N2. The zero-order chi connectivity index (χ0) is 21.4. The summed E-state index contributed by atoms with van der Waals surface area (Å²) in [5, 5.41) is 13.9. The summed E-state index contributed by atoms with van der Waals surface area (Å²) >= 11 is 0. The van der Waals surface area contributed by atoms with Gasteiger partial charge in [-0.3, -0.25) is 0 Å². The molecule has 0 radical (unpaired) electrons. The molecule has 158 valence electrons. The maximum Gasteiger partial charge on any atom is 0.240 e. The van der Waals surface area contributed by atoms with Crippen molar-refractivity contribution < 1.29 is 13.5 Å². The highest BCUT2D eigenvalue weighted by Crippen LogP contribution is 2.51. The number of para-hydroxylation sites is 1. The summed E-state index contributed by atoms with van der Waals surface area (Å²) in [4.78, 5) is 0.268. The first-order valence-electron chi connectivity index (χ1n) is 10.4. The fourth-order valence-corrected chi connectivity index (χ4v) is 5.71. The van der Waals surface area contributed by atoms with Crippen molar-refractivity contribution in [1.82, 2.24) is 4.72 Å². The standard InChI is InChI=1S/C25H24N2O3S/c28-24-12-5-4-9-21(24)25-20-11-6-10-19(20)22-15-18(13-14-23(22)27-25)31(29,30)26-16-17-7-2-1-3-8-17/h1-10,12-15,19-20,25-28H,11,16H2. The number of benzene rings is 3. The number of nitrogens with one attached hydrogen (secondary N) is 2. The normalized spacial score (nSPS) is 21.9. The molecule has 3 aromatic carbocycles. The van der Waals surface area contributed by atoms with E-state index in [9.17, 15) is 13.5 Å². The van der Waals surface area contributed by atoms with Crippen LogP contribution in [0.1, 0.15) is 35.1 Å². The lowest BCUT2D eigenvalue weighted by Crippen LogP contribution is -2.30. The van der Waals surface area contributed by atoms with Gasteiger partial charge >= 0.3 is 0 Å². The predicted molar refractivity (Wildman–Crippen MR) is 121 cm³/mol. The van der Waals surface area contributed by atoms with Crippen LogP contribution in [0.2, 0.25) is 0 Å². The highest BCUT2D eigenvalue weighted by atomic mass is 32.2. The number of phenolic OH excluding ortho intramolecular Hbond substituents is 1. The average Bonchev–Trinajstić information content (AvgIpc) is 3.28. The highest BCUT2D eigenvalue weighted by Gasteiger charge is 2.39. The molecule has 1 heterocycles. The van der Waals surface area contributed by atoms with Gasteiger partial charge in [-0.05, 0) is 47.7 Å². The Morgan fingerprint density at radius 3 is 2.55 bits per heavy atom. The third-order valence-electron chi connectivity index (χ3n) is 6.23. The first-order chi connectivity index (χ1) is 15.0. The predicted octanol–water partition coefficient (Wildman–Crippen LogP) is 4.70. The molecule has 1 aliphatic heterocycles. The Morgan fingerprint density at radius 1 is 0.968 bits per heavy atom. The van der Waals surface area contributed by atoms with Crippen molar-refractivity contribution in [3.05, 3.63) is 102 Å². The van der Waals surface area contributed by atoms with Crippen molar-refractivity contribution in [3.63, 3.8) is 0 Å². The fourth-order valence-electron chi connectivity index (χ4n) is 4.66. The molecule has 3 aromatic rings. The maximum atomic E-state index is 12.9. The lowest BCUT2D eigenvalue weighted by molar-refractivity contribution is 0.402. The van der Waals surface area contributed by atoms with Crippen molar-refractivity contribution >= 4 is 15.7 Å². The minimum atomic E-state index is -3.63. The van der Waals surface area contributed by atoms with Crippen LogP contribution in [0.5, 0.6) is 5.75 Å². The Hall–Kier alpha value is -3.09. The number of allylic oxidation sites excluding steroid dienone is 2. The van der Waals surface area contributed by atoms with Gasteiger partial charge in [0.25, 0.3) is 0 Å². The van der Waals surface area contributed by atoms with E-state index < -0.39 is 10.0 Å². The number of aromatic hydroxyl groups is 1. The van der Waals surface area contributed by atoms with E-state index in [1.807, 2.05) is 54.6 Å². The maximum absolute atomic E-state index is 12.9. The van der Waals surface area contributed by atoms with Crippen LogP contribution in [0.15, 0.2) is 89.8 Å². The first-order valence-corrected chi connectivity index (χ1v) is 11.9. The van der Waals surface area contributed by atoms with Crippen LogP contribution in [0.4, 0.5) is 5.69 Å². The van der Waals surface area contributed by atoms with E-state index in [-0.39, 0.29) is 35.1 Å². The second kappa shape index (κ2) is 7.87. The molecule has 3 unspecified atom stereocenters. The second-order valence-corrected chi connectivity index (χ2v) is 9.86. The smallest absolute Gasteiger partial charge is 0.240 e.